The number of esters is 2. The van der Waals surface area contributed by atoms with Crippen molar-refractivity contribution in [1.82, 2.24) is 9.78 Å². The largest absolute Gasteiger partial charge is 0.463 e. The predicted molar refractivity (Wildman–Crippen MR) is 82.8 cm³/mol. The standard InChI is InChI=1S/C16H15ClN2O4/c1-9-14(17)10(2)19(18-9)12-5-3-11(4-6-12)15(20)23-13-7-8-22-16(13)21/h3-6,13H,7-8H2,1-2H3. The summed E-state index contributed by atoms with van der Waals surface area (Å²) in [6, 6.07) is 6.75. The summed E-state index contributed by atoms with van der Waals surface area (Å²) in [7, 11) is 0. The van der Waals surface area contributed by atoms with E-state index in [4.69, 9.17) is 21.1 Å². The van der Waals surface area contributed by atoms with Gasteiger partial charge >= 0.3 is 11.9 Å². The van der Waals surface area contributed by atoms with Crippen LogP contribution in [0.25, 0.3) is 5.69 Å². The number of benzene rings is 1. The Balaban J connectivity index is 1.77. The molecule has 0 spiro atoms. The molecule has 2 heterocycles. The molecule has 3 rings (SSSR count). The van der Waals surface area contributed by atoms with E-state index in [0.717, 1.165) is 17.1 Å². The third kappa shape index (κ3) is 2.94. The van der Waals surface area contributed by atoms with Gasteiger partial charge in [-0.25, -0.2) is 14.3 Å². The minimum atomic E-state index is -0.808. The van der Waals surface area contributed by atoms with Gasteiger partial charge in [0.25, 0.3) is 0 Å². The number of rotatable bonds is 3. The Bertz CT molecular complexity index is 767. The zero-order chi connectivity index (χ0) is 16.6. The van der Waals surface area contributed by atoms with Gasteiger partial charge < -0.3 is 9.47 Å². The highest BCUT2D eigenvalue weighted by molar-refractivity contribution is 6.31. The molecule has 0 aliphatic carbocycles. The fraction of sp³-hybridized carbons (Fsp3) is 0.312. The summed E-state index contributed by atoms with van der Waals surface area (Å²) < 4.78 is 11.6. The van der Waals surface area contributed by atoms with Crippen LogP contribution in [0.2, 0.25) is 5.02 Å². The summed E-state index contributed by atoms with van der Waals surface area (Å²) in [6.45, 7) is 3.99. The van der Waals surface area contributed by atoms with Gasteiger partial charge in [-0.3, -0.25) is 0 Å². The number of carbonyl (C=O) groups excluding carboxylic acids is 2. The minimum Gasteiger partial charge on any atom is -0.463 e. The third-order valence-electron chi connectivity index (χ3n) is 3.69. The second-order valence-electron chi connectivity index (χ2n) is 5.29. The fourth-order valence-corrected chi connectivity index (χ4v) is 2.51. The van der Waals surface area contributed by atoms with Crippen molar-refractivity contribution in [3.05, 3.63) is 46.2 Å². The van der Waals surface area contributed by atoms with Crippen LogP contribution >= 0.6 is 11.6 Å². The van der Waals surface area contributed by atoms with E-state index < -0.39 is 18.0 Å². The lowest BCUT2D eigenvalue weighted by atomic mass is 10.2. The van der Waals surface area contributed by atoms with Gasteiger partial charge in [-0.05, 0) is 38.1 Å². The normalized spacial score (nSPS) is 17.2. The number of cyclic esters (lactones) is 1. The Labute approximate surface area is 137 Å². The van der Waals surface area contributed by atoms with Gasteiger partial charge in [0.15, 0.2) is 0 Å². The Morgan fingerprint density at radius 3 is 2.57 bits per heavy atom. The minimum absolute atomic E-state index is 0.286. The van der Waals surface area contributed by atoms with Gasteiger partial charge in [0.05, 0.1) is 34.3 Å². The van der Waals surface area contributed by atoms with Crippen LogP contribution in [0, 0.1) is 13.8 Å². The smallest absolute Gasteiger partial charge is 0.347 e. The summed E-state index contributed by atoms with van der Waals surface area (Å²) in [6.07, 6.45) is -0.413. The molecule has 0 N–H and O–H groups in total. The van der Waals surface area contributed by atoms with Crippen LogP contribution in [-0.4, -0.2) is 34.4 Å². The van der Waals surface area contributed by atoms with Crippen molar-refractivity contribution in [3.63, 3.8) is 0 Å². The Hall–Kier alpha value is -2.34. The second kappa shape index (κ2) is 6.04. The maximum absolute atomic E-state index is 12.0. The monoisotopic (exact) mass is 334 g/mol. The van der Waals surface area contributed by atoms with Gasteiger partial charge in [-0.1, -0.05) is 11.6 Å². The molecule has 1 aromatic heterocycles. The van der Waals surface area contributed by atoms with E-state index in [1.807, 2.05) is 13.8 Å². The van der Waals surface area contributed by atoms with Crippen LogP contribution in [0.1, 0.15) is 28.2 Å². The second-order valence-corrected chi connectivity index (χ2v) is 5.67. The Kier molecular flexibility index (Phi) is 4.09. The molecule has 0 bridgehead atoms. The van der Waals surface area contributed by atoms with E-state index in [1.54, 1.807) is 28.9 Å². The molecule has 1 atom stereocenters. The fourth-order valence-electron chi connectivity index (χ4n) is 2.40. The quantitative estimate of drug-likeness (QED) is 0.807. The Morgan fingerprint density at radius 1 is 1.35 bits per heavy atom. The summed E-state index contributed by atoms with van der Waals surface area (Å²) in [5, 5.41) is 4.97. The number of hydrogen-bond donors (Lipinski definition) is 0. The van der Waals surface area contributed by atoms with Gasteiger partial charge in [0, 0.05) is 6.42 Å². The molecule has 1 fully saturated rings. The number of aryl methyl sites for hydroxylation is 1. The zero-order valence-electron chi connectivity index (χ0n) is 12.7. The van der Waals surface area contributed by atoms with Crippen molar-refractivity contribution in [2.45, 2.75) is 26.4 Å². The van der Waals surface area contributed by atoms with Crippen LogP contribution in [0.15, 0.2) is 24.3 Å². The molecule has 1 saturated heterocycles. The maximum atomic E-state index is 12.0. The summed E-state index contributed by atoms with van der Waals surface area (Å²) >= 11 is 6.14. The first-order valence-corrected chi connectivity index (χ1v) is 7.55. The van der Waals surface area contributed by atoms with Gasteiger partial charge in [-0.2, -0.15) is 5.10 Å². The van der Waals surface area contributed by atoms with Crippen LogP contribution in [0.4, 0.5) is 0 Å². The van der Waals surface area contributed by atoms with Crippen molar-refractivity contribution in [1.29, 1.82) is 0 Å². The topological polar surface area (TPSA) is 70.4 Å². The number of nitrogens with zero attached hydrogens (tertiary/aromatic N) is 2. The lowest BCUT2D eigenvalue weighted by Gasteiger charge is -2.09. The predicted octanol–water partition coefficient (Wildman–Crippen LogP) is 2.61. The lowest BCUT2D eigenvalue weighted by molar-refractivity contribution is -0.145. The number of hydrogen-bond acceptors (Lipinski definition) is 5. The molecule has 1 aliphatic heterocycles. The van der Waals surface area contributed by atoms with Gasteiger partial charge in [-0.15, -0.1) is 0 Å². The summed E-state index contributed by atoms with van der Waals surface area (Å²) in [5.41, 5.74) is 2.72. The number of halogens is 1. The van der Waals surface area contributed by atoms with E-state index in [0.29, 0.717) is 17.0 Å². The molecule has 120 valence electrons. The van der Waals surface area contributed by atoms with Crippen molar-refractivity contribution in [2.24, 2.45) is 0 Å². The summed E-state index contributed by atoms with van der Waals surface area (Å²) in [4.78, 5) is 23.4. The lowest BCUT2D eigenvalue weighted by Crippen LogP contribution is -2.22. The molecule has 2 aromatic rings. The first kappa shape index (κ1) is 15.6. The highest BCUT2D eigenvalue weighted by Crippen LogP contribution is 2.22. The van der Waals surface area contributed by atoms with Gasteiger partial charge in [0.2, 0.25) is 6.10 Å². The molecule has 6 nitrogen and oxygen atoms in total. The van der Waals surface area contributed by atoms with Crippen molar-refractivity contribution in [3.8, 4) is 5.69 Å². The molecule has 1 aromatic carbocycles. The van der Waals surface area contributed by atoms with Gasteiger partial charge in [0.1, 0.15) is 0 Å². The molecule has 1 unspecified atom stereocenters. The van der Waals surface area contributed by atoms with Crippen LogP contribution in [0.5, 0.6) is 0 Å². The number of carbonyl (C=O) groups is 2. The first-order chi connectivity index (χ1) is 11.0. The third-order valence-corrected chi connectivity index (χ3v) is 4.23. The van der Waals surface area contributed by atoms with E-state index in [-0.39, 0.29) is 6.61 Å². The number of aromatic nitrogens is 2. The van der Waals surface area contributed by atoms with E-state index >= 15 is 0 Å². The molecule has 0 saturated carbocycles. The highest BCUT2D eigenvalue weighted by Gasteiger charge is 2.30. The van der Waals surface area contributed by atoms with E-state index in [2.05, 4.69) is 5.10 Å². The average molecular weight is 335 g/mol. The average Bonchev–Trinajstić information content (AvgIpc) is 3.06. The summed E-state index contributed by atoms with van der Waals surface area (Å²) in [5.74, 6) is -1.04. The maximum Gasteiger partial charge on any atom is 0.347 e. The molecule has 0 amide bonds. The molecular formula is C16H15ClN2O4. The van der Waals surface area contributed by atoms with Crippen LogP contribution in [0.3, 0.4) is 0 Å². The molecule has 7 heteroatoms. The zero-order valence-corrected chi connectivity index (χ0v) is 13.5. The molecule has 0 radical (unpaired) electrons. The molecule has 23 heavy (non-hydrogen) atoms. The SMILES string of the molecule is Cc1nn(-c2ccc(C(=O)OC3CCOC3=O)cc2)c(C)c1Cl. The van der Waals surface area contributed by atoms with Crippen molar-refractivity contribution in [2.75, 3.05) is 6.61 Å². The highest BCUT2D eigenvalue weighted by atomic mass is 35.5. The molecule has 1 aliphatic rings. The Morgan fingerprint density at radius 2 is 2.04 bits per heavy atom. The number of ether oxygens (including phenoxy) is 2. The van der Waals surface area contributed by atoms with Crippen molar-refractivity contribution >= 4 is 23.5 Å². The van der Waals surface area contributed by atoms with E-state index in [9.17, 15) is 9.59 Å². The molecular weight excluding hydrogens is 320 g/mol. The van der Waals surface area contributed by atoms with Crippen molar-refractivity contribution < 1.29 is 19.1 Å². The van der Waals surface area contributed by atoms with E-state index in [1.165, 1.54) is 0 Å². The van der Waals surface area contributed by atoms with Crippen LogP contribution < -0.4 is 0 Å². The first-order valence-electron chi connectivity index (χ1n) is 7.17. The van der Waals surface area contributed by atoms with Crippen LogP contribution in [-0.2, 0) is 14.3 Å².